The second kappa shape index (κ2) is 13.0. The van der Waals surface area contributed by atoms with Crippen molar-refractivity contribution >= 4 is 30.1 Å². The lowest BCUT2D eigenvalue weighted by atomic mass is 10.2. The molecule has 0 saturated carbocycles. The van der Waals surface area contributed by atoms with E-state index in [9.17, 15) is 4.79 Å². The molecule has 168 valence electrons. The monoisotopic (exact) mass is 445 g/mol. The maximum absolute atomic E-state index is 12.4. The van der Waals surface area contributed by atoms with E-state index in [2.05, 4.69) is 51.5 Å². The molecule has 1 N–H and O–H groups in total. The number of benzene rings is 2. The van der Waals surface area contributed by atoms with Crippen LogP contribution in [0.4, 0.5) is 5.69 Å². The van der Waals surface area contributed by atoms with E-state index in [1.54, 1.807) is 26.4 Å². The van der Waals surface area contributed by atoms with E-state index in [-0.39, 0.29) is 18.3 Å². The number of anilines is 1. The quantitative estimate of drug-likeness (QED) is 0.636. The van der Waals surface area contributed by atoms with E-state index in [1.807, 2.05) is 12.1 Å². The molecule has 0 unspecified atom stereocenters. The fourth-order valence-electron chi connectivity index (χ4n) is 3.48. The van der Waals surface area contributed by atoms with Gasteiger partial charge in [-0.15, -0.1) is 12.4 Å². The molecule has 0 radical (unpaired) electrons. The second-order valence-electron chi connectivity index (χ2n) is 7.32. The first-order valence-electron chi connectivity index (χ1n) is 10.4. The minimum absolute atomic E-state index is 0. The zero-order valence-electron chi connectivity index (χ0n) is 18.3. The van der Waals surface area contributed by atoms with Crippen LogP contribution in [0.1, 0.15) is 12.0 Å². The highest BCUT2D eigenvalue weighted by Gasteiger charge is 2.17. The van der Waals surface area contributed by atoms with Gasteiger partial charge in [-0.1, -0.05) is 42.5 Å². The molecule has 1 saturated heterocycles. The Kier molecular flexibility index (Phi) is 10.4. The highest BCUT2D eigenvalue weighted by molar-refractivity contribution is 5.92. The molecule has 1 amide bonds. The summed E-state index contributed by atoms with van der Waals surface area (Å²) in [6.45, 7) is 5.71. The minimum Gasteiger partial charge on any atom is -0.497 e. The number of halogens is 1. The summed E-state index contributed by atoms with van der Waals surface area (Å²) in [6.07, 6.45) is 4.85. The molecule has 1 heterocycles. The number of methoxy groups -OCH3 is 2. The van der Waals surface area contributed by atoms with Gasteiger partial charge in [0.1, 0.15) is 11.5 Å². The first-order chi connectivity index (χ1) is 14.7. The van der Waals surface area contributed by atoms with Crippen molar-refractivity contribution in [3.05, 3.63) is 60.2 Å². The summed E-state index contributed by atoms with van der Waals surface area (Å²) in [5, 5.41) is 2.94. The van der Waals surface area contributed by atoms with Gasteiger partial charge in [0, 0.05) is 51.8 Å². The number of piperazine rings is 1. The van der Waals surface area contributed by atoms with Gasteiger partial charge >= 0.3 is 0 Å². The Morgan fingerprint density at radius 1 is 1.00 bits per heavy atom. The molecule has 1 aliphatic heterocycles. The molecule has 2 aromatic carbocycles. The van der Waals surface area contributed by atoms with Crippen LogP contribution in [0, 0.1) is 0 Å². The Morgan fingerprint density at radius 2 is 1.71 bits per heavy atom. The molecule has 0 atom stereocenters. The lowest BCUT2D eigenvalue weighted by molar-refractivity contribution is -0.116. The molecule has 1 aliphatic rings. The summed E-state index contributed by atoms with van der Waals surface area (Å²) in [6, 6.07) is 15.7. The van der Waals surface area contributed by atoms with Crippen molar-refractivity contribution in [3.8, 4) is 11.5 Å². The predicted molar refractivity (Wildman–Crippen MR) is 128 cm³/mol. The molecule has 0 spiro atoms. The van der Waals surface area contributed by atoms with Gasteiger partial charge in [-0.25, -0.2) is 0 Å². The number of nitrogens with zero attached hydrogens (tertiary/aromatic N) is 2. The highest BCUT2D eigenvalue weighted by atomic mass is 35.5. The summed E-state index contributed by atoms with van der Waals surface area (Å²) in [5.74, 6) is 1.29. The summed E-state index contributed by atoms with van der Waals surface area (Å²) < 4.78 is 10.6. The molecule has 6 nitrogen and oxygen atoms in total. The Bertz CT molecular complexity index is 837. The second-order valence-corrected chi connectivity index (χ2v) is 7.32. The molecular weight excluding hydrogens is 414 g/mol. The molecule has 0 aliphatic carbocycles. The number of rotatable bonds is 9. The van der Waals surface area contributed by atoms with Crippen LogP contribution >= 0.6 is 12.4 Å². The van der Waals surface area contributed by atoms with Gasteiger partial charge in [0.25, 0.3) is 0 Å². The normalized spacial score (nSPS) is 14.8. The van der Waals surface area contributed by atoms with E-state index in [4.69, 9.17) is 9.47 Å². The molecule has 0 aromatic heterocycles. The van der Waals surface area contributed by atoms with E-state index >= 15 is 0 Å². The van der Waals surface area contributed by atoms with Gasteiger partial charge in [-0.05, 0) is 17.7 Å². The maximum atomic E-state index is 12.4. The van der Waals surface area contributed by atoms with Crippen molar-refractivity contribution in [1.82, 2.24) is 9.80 Å². The number of hydrogen-bond donors (Lipinski definition) is 1. The number of hydrogen-bond acceptors (Lipinski definition) is 5. The van der Waals surface area contributed by atoms with Gasteiger partial charge in [-0.3, -0.25) is 9.69 Å². The van der Waals surface area contributed by atoms with Crippen LogP contribution in [0.2, 0.25) is 0 Å². The van der Waals surface area contributed by atoms with E-state index < -0.39 is 0 Å². The average molecular weight is 446 g/mol. The third-order valence-electron chi connectivity index (χ3n) is 5.27. The standard InChI is InChI=1S/C24H31N3O3.ClH/c1-29-21-10-11-23(30-2)22(19-21)25-24(28)12-14-27-17-15-26(16-18-27)13-6-9-20-7-4-3-5-8-20;/h3-11,19H,12-18H2,1-2H3,(H,25,28);1H/b9-6+;. The first-order valence-corrected chi connectivity index (χ1v) is 10.4. The van der Waals surface area contributed by atoms with Gasteiger partial charge < -0.3 is 19.7 Å². The minimum atomic E-state index is -0.0187. The van der Waals surface area contributed by atoms with E-state index in [1.165, 1.54) is 5.56 Å². The van der Waals surface area contributed by atoms with Crippen LogP contribution in [0.3, 0.4) is 0 Å². The van der Waals surface area contributed by atoms with Crippen molar-refractivity contribution in [2.24, 2.45) is 0 Å². The molecular formula is C24H32ClN3O3. The number of nitrogens with one attached hydrogen (secondary N) is 1. The van der Waals surface area contributed by atoms with Gasteiger partial charge in [-0.2, -0.15) is 0 Å². The van der Waals surface area contributed by atoms with Crippen LogP contribution in [-0.2, 0) is 4.79 Å². The smallest absolute Gasteiger partial charge is 0.225 e. The summed E-state index contributed by atoms with van der Waals surface area (Å²) in [4.78, 5) is 17.2. The molecule has 3 rings (SSSR count). The third-order valence-corrected chi connectivity index (χ3v) is 5.27. The maximum Gasteiger partial charge on any atom is 0.225 e. The van der Waals surface area contributed by atoms with Gasteiger partial charge in [0.15, 0.2) is 0 Å². The van der Waals surface area contributed by atoms with Crippen LogP contribution in [0.15, 0.2) is 54.6 Å². The Morgan fingerprint density at radius 3 is 2.39 bits per heavy atom. The average Bonchev–Trinajstić information content (AvgIpc) is 2.79. The lowest BCUT2D eigenvalue weighted by Gasteiger charge is -2.34. The zero-order chi connectivity index (χ0) is 21.2. The van der Waals surface area contributed by atoms with Crippen LogP contribution in [0.5, 0.6) is 11.5 Å². The summed E-state index contributed by atoms with van der Waals surface area (Å²) >= 11 is 0. The number of carbonyl (C=O) groups excluding carboxylic acids is 1. The molecule has 31 heavy (non-hydrogen) atoms. The zero-order valence-corrected chi connectivity index (χ0v) is 19.1. The lowest BCUT2D eigenvalue weighted by Crippen LogP contribution is -2.46. The first kappa shape index (κ1) is 24.7. The Balaban J connectivity index is 0.00000341. The van der Waals surface area contributed by atoms with Crippen molar-refractivity contribution in [2.75, 3.05) is 58.8 Å². The predicted octanol–water partition coefficient (Wildman–Crippen LogP) is 3.79. The van der Waals surface area contributed by atoms with Crippen molar-refractivity contribution in [2.45, 2.75) is 6.42 Å². The number of ether oxygens (including phenoxy) is 2. The molecule has 0 bridgehead atoms. The van der Waals surface area contributed by atoms with Crippen LogP contribution < -0.4 is 14.8 Å². The fraction of sp³-hybridized carbons (Fsp3) is 0.375. The molecule has 7 heteroatoms. The van der Waals surface area contributed by atoms with Crippen LogP contribution in [0.25, 0.3) is 6.08 Å². The highest BCUT2D eigenvalue weighted by Crippen LogP contribution is 2.28. The van der Waals surface area contributed by atoms with Gasteiger partial charge in [0.05, 0.1) is 19.9 Å². The number of amides is 1. The summed E-state index contributed by atoms with van der Waals surface area (Å²) in [5.41, 5.74) is 1.87. The largest absolute Gasteiger partial charge is 0.497 e. The topological polar surface area (TPSA) is 54.0 Å². The van der Waals surface area contributed by atoms with Crippen molar-refractivity contribution in [1.29, 1.82) is 0 Å². The van der Waals surface area contributed by atoms with E-state index in [0.717, 1.165) is 39.3 Å². The van der Waals surface area contributed by atoms with Crippen molar-refractivity contribution in [3.63, 3.8) is 0 Å². The number of carbonyl (C=O) groups is 1. The van der Waals surface area contributed by atoms with Crippen molar-refractivity contribution < 1.29 is 14.3 Å². The molecule has 2 aromatic rings. The fourth-order valence-corrected chi connectivity index (χ4v) is 3.48. The van der Waals surface area contributed by atoms with E-state index in [0.29, 0.717) is 23.6 Å². The molecule has 1 fully saturated rings. The SMILES string of the molecule is COc1ccc(OC)c(NC(=O)CCN2CCN(C/C=C/c3ccccc3)CC2)c1.Cl. The van der Waals surface area contributed by atoms with Crippen LogP contribution in [-0.4, -0.2) is 69.2 Å². The third kappa shape index (κ3) is 7.90. The Hall–Kier alpha value is -2.54. The Labute approximate surface area is 191 Å². The van der Waals surface area contributed by atoms with Gasteiger partial charge in [0.2, 0.25) is 5.91 Å². The summed E-state index contributed by atoms with van der Waals surface area (Å²) in [7, 11) is 3.19.